The average molecular weight is 440 g/mol. The van der Waals surface area contributed by atoms with E-state index >= 15 is 0 Å². The van der Waals surface area contributed by atoms with Crippen molar-refractivity contribution in [1.82, 2.24) is 10.6 Å². The molecule has 0 bridgehead atoms. The first-order chi connectivity index (χ1) is 14.6. The van der Waals surface area contributed by atoms with Crippen molar-refractivity contribution in [3.8, 4) is 0 Å². The van der Waals surface area contributed by atoms with E-state index in [2.05, 4.69) is 24.8 Å². The molecule has 1 aromatic carbocycles. The monoisotopic (exact) mass is 440 g/mol. The Morgan fingerprint density at radius 3 is 2.06 bits per heavy atom. The summed E-state index contributed by atoms with van der Waals surface area (Å²) in [4.78, 5) is 60.6. The molecule has 2 amide bonds. The number of hydrogen-bond acceptors (Lipinski definition) is 8. The van der Waals surface area contributed by atoms with E-state index < -0.39 is 60.0 Å². The lowest BCUT2D eigenvalue weighted by Crippen LogP contribution is -2.56. The molecule has 31 heavy (non-hydrogen) atoms. The zero-order valence-electron chi connectivity index (χ0n) is 17.6. The number of hydrogen-bond donors (Lipinski definition) is 2. The molecule has 10 nitrogen and oxygen atoms in total. The van der Waals surface area contributed by atoms with E-state index in [9.17, 15) is 28.4 Å². The molecule has 3 atom stereocenters. The molecule has 0 aliphatic heterocycles. The summed E-state index contributed by atoms with van der Waals surface area (Å²) in [5.41, 5.74) is 0.144. The molecule has 0 unspecified atom stereocenters. The molecule has 1 rings (SSSR count). The number of carbonyl (C=O) groups excluding carboxylic acids is 5. The molecule has 1 aromatic rings. The molecular weight excluding hydrogens is 415 g/mol. The van der Waals surface area contributed by atoms with Gasteiger partial charge in [-0.05, 0) is 11.6 Å². The Morgan fingerprint density at radius 2 is 1.55 bits per heavy atom. The molecule has 0 saturated heterocycles. The normalized spacial score (nSPS) is 13.2. The van der Waals surface area contributed by atoms with Gasteiger partial charge in [0.15, 0.2) is 0 Å². The maximum Gasteiger partial charge on any atom is 0.329 e. The number of methoxy groups -OCH3 is 3. The number of ether oxygens (including phenoxy) is 3. The maximum absolute atomic E-state index is 14.0. The van der Waals surface area contributed by atoms with Crippen molar-refractivity contribution in [2.24, 2.45) is 5.92 Å². The summed E-state index contributed by atoms with van der Waals surface area (Å²) < 4.78 is 27.8. The number of rotatable bonds is 10. The van der Waals surface area contributed by atoms with Crippen LogP contribution in [0.1, 0.15) is 18.9 Å². The zero-order valence-corrected chi connectivity index (χ0v) is 17.6. The predicted molar refractivity (Wildman–Crippen MR) is 104 cm³/mol. The van der Waals surface area contributed by atoms with Crippen LogP contribution < -0.4 is 10.6 Å². The first-order valence-electron chi connectivity index (χ1n) is 9.17. The number of amides is 2. The molecule has 0 aromatic heterocycles. The van der Waals surface area contributed by atoms with Crippen LogP contribution in [0.25, 0.3) is 0 Å². The molecular formula is C20H25FN2O8. The Kier molecular flexibility index (Phi) is 10.1. The van der Waals surface area contributed by atoms with Gasteiger partial charge in [-0.2, -0.15) is 0 Å². The lowest BCUT2D eigenvalue weighted by Gasteiger charge is -2.26. The van der Waals surface area contributed by atoms with E-state index in [1.807, 2.05) is 0 Å². The first kappa shape index (κ1) is 25.5. The Balaban J connectivity index is 3.20. The van der Waals surface area contributed by atoms with Gasteiger partial charge in [0.25, 0.3) is 0 Å². The summed E-state index contributed by atoms with van der Waals surface area (Å²) in [7, 11) is 3.16. The van der Waals surface area contributed by atoms with E-state index in [1.54, 1.807) is 6.07 Å². The minimum Gasteiger partial charge on any atom is -0.469 e. The van der Waals surface area contributed by atoms with Crippen molar-refractivity contribution in [3.05, 3.63) is 35.6 Å². The number of esters is 3. The Labute approximate surface area is 178 Å². The molecule has 0 spiro atoms. The summed E-state index contributed by atoms with van der Waals surface area (Å²) in [5.74, 6) is -6.35. The highest BCUT2D eigenvalue weighted by Gasteiger charge is 2.39. The fraction of sp³-hybridized carbons (Fsp3) is 0.450. The second kappa shape index (κ2) is 12.3. The van der Waals surface area contributed by atoms with Crippen LogP contribution in [0.4, 0.5) is 4.39 Å². The van der Waals surface area contributed by atoms with Crippen molar-refractivity contribution in [1.29, 1.82) is 0 Å². The lowest BCUT2D eigenvalue weighted by atomic mass is 9.95. The number of benzene rings is 1. The third-order valence-electron chi connectivity index (χ3n) is 4.35. The molecule has 0 aliphatic rings. The summed E-state index contributed by atoms with van der Waals surface area (Å²) in [5, 5.41) is 4.67. The van der Waals surface area contributed by atoms with Crippen molar-refractivity contribution >= 4 is 29.7 Å². The van der Waals surface area contributed by atoms with Crippen LogP contribution in [0.5, 0.6) is 0 Å². The van der Waals surface area contributed by atoms with Crippen LogP contribution in [-0.4, -0.2) is 63.1 Å². The molecule has 2 N–H and O–H groups in total. The van der Waals surface area contributed by atoms with E-state index in [-0.39, 0.29) is 12.0 Å². The molecule has 0 aliphatic carbocycles. The number of nitrogens with one attached hydrogen (secondary N) is 2. The third kappa shape index (κ3) is 7.68. The smallest absolute Gasteiger partial charge is 0.329 e. The van der Waals surface area contributed by atoms with Crippen molar-refractivity contribution < 1.29 is 42.6 Å². The maximum atomic E-state index is 14.0. The highest BCUT2D eigenvalue weighted by Crippen LogP contribution is 2.16. The van der Waals surface area contributed by atoms with Crippen LogP contribution in [-0.2, 0) is 44.6 Å². The van der Waals surface area contributed by atoms with E-state index in [0.29, 0.717) is 0 Å². The molecule has 11 heteroatoms. The SMILES string of the molecule is COC(=O)C[C@@H](C(=O)OC)[C@H](NC(=O)[C@@H](Cc1ccccc1F)NC(C)=O)C(=O)OC. The topological polar surface area (TPSA) is 137 Å². The molecule has 0 heterocycles. The number of halogens is 1. The zero-order chi connectivity index (χ0) is 23.6. The van der Waals surface area contributed by atoms with E-state index in [4.69, 9.17) is 0 Å². The van der Waals surface area contributed by atoms with E-state index in [1.165, 1.54) is 18.2 Å². The Bertz CT molecular complexity index is 829. The van der Waals surface area contributed by atoms with Crippen molar-refractivity contribution in [2.45, 2.75) is 31.8 Å². The van der Waals surface area contributed by atoms with Crippen LogP contribution in [0, 0.1) is 11.7 Å². The van der Waals surface area contributed by atoms with E-state index in [0.717, 1.165) is 28.3 Å². The standard InChI is InChI=1S/C20H25FN2O8/c1-11(24)22-15(9-12-7-5-6-8-14(12)21)18(26)23-17(20(28)31-4)13(19(27)30-3)10-16(25)29-2/h5-8,13,15,17H,9-10H2,1-4H3,(H,22,24)(H,23,26)/t13-,15-,17+/m1/s1. The van der Waals surface area contributed by atoms with Gasteiger partial charge in [0.2, 0.25) is 11.8 Å². The van der Waals surface area contributed by atoms with Gasteiger partial charge < -0.3 is 24.8 Å². The summed E-state index contributed by atoms with van der Waals surface area (Å²) >= 11 is 0. The van der Waals surface area contributed by atoms with Crippen molar-refractivity contribution in [2.75, 3.05) is 21.3 Å². The summed E-state index contributed by atoms with van der Waals surface area (Å²) in [6.45, 7) is 1.16. The van der Waals surface area contributed by atoms with Crippen LogP contribution in [0.2, 0.25) is 0 Å². The quantitative estimate of drug-likeness (QED) is 0.380. The summed E-state index contributed by atoms with van der Waals surface area (Å²) in [6, 6.07) is 2.75. The van der Waals surface area contributed by atoms with Gasteiger partial charge in [-0.15, -0.1) is 0 Å². The van der Waals surface area contributed by atoms with Gasteiger partial charge in [0.1, 0.15) is 17.9 Å². The minimum atomic E-state index is -1.62. The fourth-order valence-corrected chi connectivity index (χ4v) is 2.79. The lowest BCUT2D eigenvalue weighted by molar-refractivity contribution is -0.159. The minimum absolute atomic E-state index is 0.144. The molecule has 0 saturated carbocycles. The largest absolute Gasteiger partial charge is 0.469 e. The van der Waals surface area contributed by atoms with Crippen molar-refractivity contribution in [3.63, 3.8) is 0 Å². The van der Waals surface area contributed by atoms with Gasteiger partial charge in [0.05, 0.1) is 33.7 Å². The number of carbonyl (C=O) groups is 5. The predicted octanol–water partition coefficient (Wildman–Crippen LogP) is -0.117. The molecule has 170 valence electrons. The fourth-order valence-electron chi connectivity index (χ4n) is 2.79. The van der Waals surface area contributed by atoms with Gasteiger partial charge in [-0.25, -0.2) is 9.18 Å². The molecule has 0 fully saturated rings. The Hall–Kier alpha value is -3.50. The average Bonchev–Trinajstić information content (AvgIpc) is 2.75. The third-order valence-corrected chi connectivity index (χ3v) is 4.35. The van der Waals surface area contributed by atoms with Crippen LogP contribution >= 0.6 is 0 Å². The first-order valence-corrected chi connectivity index (χ1v) is 9.17. The highest BCUT2D eigenvalue weighted by atomic mass is 19.1. The van der Waals surface area contributed by atoms with Gasteiger partial charge >= 0.3 is 17.9 Å². The van der Waals surface area contributed by atoms with Crippen LogP contribution in [0.3, 0.4) is 0 Å². The highest BCUT2D eigenvalue weighted by molar-refractivity contribution is 5.94. The Morgan fingerprint density at radius 1 is 0.935 bits per heavy atom. The second-order valence-corrected chi connectivity index (χ2v) is 6.47. The molecule has 0 radical (unpaired) electrons. The summed E-state index contributed by atoms with van der Waals surface area (Å²) in [6.07, 6.45) is -0.812. The van der Waals surface area contributed by atoms with Gasteiger partial charge in [-0.1, -0.05) is 18.2 Å². The van der Waals surface area contributed by atoms with Gasteiger partial charge in [0, 0.05) is 13.3 Å². The van der Waals surface area contributed by atoms with Gasteiger partial charge in [-0.3, -0.25) is 19.2 Å². The second-order valence-electron chi connectivity index (χ2n) is 6.47. The van der Waals surface area contributed by atoms with Crippen LogP contribution in [0.15, 0.2) is 24.3 Å².